The molecule has 1 aliphatic rings. The van der Waals surface area contributed by atoms with Crippen LogP contribution in [0, 0.1) is 11.8 Å². The van der Waals surface area contributed by atoms with Gasteiger partial charge in [-0.05, 0) is 51.3 Å². The van der Waals surface area contributed by atoms with Crippen molar-refractivity contribution in [1.82, 2.24) is 5.32 Å². The van der Waals surface area contributed by atoms with Crippen molar-refractivity contribution >= 4 is 23.5 Å². The smallest absolute Gasteiger partial charge is 0.326 e. The molecular formula is C20H28N2O5. The van der Waals surface area contributed by atoms with E-state index in [2.05, 4.69) is 10.6 Å². The van der Waals surface area contributed by atoms with Crippen LogP contribution in [0.15, 0.2) is 24.3 Å². The zero-order valence-electron chi connectivity index (χ0n) is 16.2. The molecule has 2 amide bonds. The Morgan fingerprint density at radius 2 is 1.96 bits per heavy atom. The first-order chi connectivity index (χ1) is 12.6. The number of amides is 2. The van der Waals surface area contributed by atoms with Crippen LogP contribution < -0.4 is 10.6 Å². The lowest BCUT2D eigenvalue weighted by Gasteiger charge is -2.21. The number of benzene rings is 1. The van der Waals surface area contributed by atoms with Gasteiger partial charge in [-0.15, -0.1) is 0 Å². The molecule has 0 heterocycles. The van der Waals surface area contributed by atoms with E-state index in [9.17, 15) is 19.5 Å². The third-order valence-electron chi connectivity index (χ3n) is 4.38. The van der Waals surface area contributed by atoms with Gasteiger partial charge in [0.25, 0.3) is 5.91 Å². The van der Waals surface area contributed by atoms with Crippen LogP contribution in [0.2, 0.25) is 0 Å². The highest BCUT2D eigenvalue weighted by molar-refractivity contribution is 5.99. The van der Waals surface area contributed by atoms with Crippen molar-refractivity contribution in [2.75, 3.05) is 11.9 Å². The lowest BCUT2D eigenvalue weighted by molar-refractivity contribution is -0.140. The molecule has 1 saturated carbocycles. The van der Waals surface area contributed by atoms with Crippen LogP contribution in [0.4, 0.5) is 5.69 Å². The second-order valence-electron chi connectivity index (χ2n) is 8.00. The molecule has 0 saturated heterocycles. The molecule has 0 aromatic heterocycles. The molecule has 3 N–H and O–H groups in total. The van der Waals surface area contributed by atoms with Crippen LogP contribution >= 0.6 is 0 Å². The minimum atomic E-state index is -1.12. The summed E-state index contributed by atoms with van der Waals surface area (Å²) in [6.45, 7) is 7.87. The Morgan fingerprint density at radius 1 is 1.30 bits per heavy atom. The molecule has 1 fully saturated rings. The maximum atomic E-state index is 12.4. The lowest BCUT2D eigenvalue weighted by atomic mass is 10.1. The first-order valence-corrected chi connectivity index (χ1v) is 9.15. The number of carboxylic acid groups (broad SMARTS) is 1. The Hall–Kier alpha value is -2.41. The van der Waals surface area contributed by atoms with Gasteiger partial charge in [-0.1, -0.05) is 13.0 Å². The number of ether oxygens (including phenoxy) is 1. The normalized spacial score (nSPS) is 19.9. The van der Waals surface area contributed by atoms with Gasteiger partial charge in [0.05, 0.1) is 5.60 Å². The van der Waals surface area contributed by atoms with E-state index in [4.69, 9.17) is 4.74 Å². The summed E-state index contributed by atoms with van der Waals surface area (Å²) in [7, 11) is 0. The molecule has 0 radical (unpaired) electrons. The Balaban J connectivity index is 1.95. The second kappa shape index (κ2) is 8.52. The number of nitrogens with one attached hydrogen (secondary N) is 2. The Labute approximate surface area is 159 Å². The minimum Gasteiger partial charge on any atom is -0.480 e. The highest BCUT2D eigenvalue weighted by Crippen LogP contribution is 2.38. The molecule has 7 nitrogen and oxygen atoms in total. The van der Waals surface area contributed by atoms with Crippen LogP contribution in [-0.2, 0) is 14.3 Å². The van der Waals surface area contributed by atoms with E-state index in [1.54, 1.807) is 24.3 Å². The third-order valence-corrected chi connectivity index (χ3v) is 4.38. The molecule has 27 heavy (non-hydrogen) atoms. The van der Waals surface area contributed by atoms with Gasteiger partial charge in [-0.2, -0.15) is 0 Å². The van der Waals surface area contributed by atoms with E-state index < -0.39 is 17.9 Å². The highest BCUT2D eigenvalue weighted by Gasteiger charge is 2.39. The van der Waals surface area contributed by atoms with Gasteiger partial charge in [0.1, 0.15) is 6.04 Å². The molecule has 0 spiro atoms. The van der Waals surface area contributed by atoms with E-state index in [0.717, 1.165) is 6.42 Å². The van der Waals surface area contributed by atoms with Crippen molar-refractivity contribution in [3.63, 3.8) is 0 Å². The average molecular weight is 376 g/mol. The molecule has 1 aromatic carbocycles. The molecule has 1 aromatic rings. The summed E-state index contributed by atoms with van der Waals surface area (Å²) in [6.07, 6.45) is 1.04. The summed E-state index contributed by atoms with van der Waals surface area (Å²) in [6, 6.07) is 5.43. The summed E-state index contributed by atoms with van der Waals surface area (Å²) >= 11 is 0. The van der Waals surface area contributed by atoms with Crippen LogP contribution in [0.25, 0.3) is 0 Å². The summed E-state index contributed by atoms with van der Waals surface area (Å²) in [5.74, 6) is -1.25. The van der Waals surface area contributed by atoms with Crippen molar-refractivity contribution in [3.05, 3.63) is 29.8 Å². The van der Waals surface area contributed by atoms with E-state index in [1.807, 2.05) is 27.7 Å². The minimum absolute atomic E-state index is 0.0293. The fraction of sp³-hybridized carbons (Fsp3) is 0.550. The average Bonchev–Trinajstić information content (AvgIpc) is 3.30. The van der Waals surface area contributed by atoms with Crippen molar-refractivity contribution in [2.24, 2.45) is 11.8 Å². The summed E-state index contributed by atoms with van der Waals surface area (Å²) < 4.78 is 5.53. The van der Waals surface area contributed by atoms with Crippen molar-refractivity contribution < 1.29 is 24.2 Å². The molecule has 2 rings (SSSR count). The summed E-state index contributed by atoms with van der Waals surface area (Å²) in [4.78, 5) is 35.9. The predicted octanol–water partition coefficient (Wildman–Crippen LogP) is 2.67. The molecule has 3 atom stereocenters. The van der Waals surface area contributed by atoms with Crippen LogP contribution in [-0.4, -0.2) is 41.1 Å². The van der Waals surface area contributed by atoms with E-state index in [1.165, 1.54) is 0 Å². The van der Waals surface area contributed by atoms with Gasteiger partial charge in [0, 0.05) is 30.2 Å². The number of aliphatic carboxylic acids is 1. The lowest BCUT2D eigenvalue weighted by Crippen LogP contribution is -2.42. The van der Waals surface area contributed by atoms with Crippen LogP contribution in [0.3, 0.4) is 0 Å². The Kier molecular flexibility index (Phi) is 6.59. The molecule has 148 valence electrons. The molecular weight excluding hydrogens is 348 g/mol. The SMILES string of the molecule is CC1CC1C(=O)Nc1cccc(C(=O)NC(CCOC(C)(C)C)C(=O)O)c1. The number of carbonyl (C=O) groups excluding carboxylic acids is 2. The Morgan fingerprint density at radius 3 is 2.52 bits per heavy atom. The fourth-order valence-corrected chi connectivity index (χ4v) is 2.64. The number of carboxylic acids is 1. The third kappa shape index (κ3) is 6.67. The van der Waals surface area contributed by atoms with E-state index in [0.29, 0.717) is 17.2 Å². The topological polar surface area (TPSA) is 105 Å². The first-order valence-electron chi connectivity index (χ1n) is 9.15. The van der Waals surface area contributed by atoms with Crippen LogP contribution in [0.5, 0.6) is 0 Å². The van der Waals surface area contributed by atoms with Gasteiger partial charge >= 0.3 is 5.97 Å². The van der Waals surface area contributed by atoms with Crippen LogP contribution in [0.1, 0.15) is 50.9 Å². The second-order valence-corrected chi connectivity index (χ2v) is 8.00. The standard InChI is InChI=1S/C20H28N2O5/c1-12-10-15(12)18(24)21-14-7-5-6-13(11-14)17(23)22-16(19(25)26)8-9-27-20(2,3)4/h5-7,11-12,15-16H,8-10H2,1-4H3,(H,21,24)(H,22,23)(H,25,26). The largest absolute Gasteiger partial charge is 0.480 e. The zero-order chi connectivity index (χ0) is 20.2. The van der Waals surface area contributed by atoms with Gasteiger partial charge < -0.3 is 20.5 Å². The van der Waals surface area contributed by atoms with Gasteiger partial charge in [-0.25, -0.2) is 4.79 Å². The molecule has 1 aliphatic carbocycles. The van der Waals surface area contributed by atoms with Gasteiger partial charge in [0.2, 0.25) is 5.91 Å². The maximum Gasteiger partial charge on any atom is 0.326 e. The number of hydrogen-bond acceptors (Lipinski definition) is 4. The summed E-state index contributed by atoms with van der Waals surface area (Å²) in [5, 5.41) is 14.6. The monoisotopic (exact) mass is 376 g/mol. The van der Waals surface area contributed by atoms with E-state index >= 15 is 0 Å². The van der Waals surface area contributed by atoms with Crippen molar-refractivity contribution in [2.45, 2.75) is 52.2 Å². The number of rotatable bonds is 8. The quantitative estimate of drug-likeness (QED) is 0.647. The first kappa shape index (κ1) is 20.9. The predicted molar refractivity (Wildman–Crippen MR) is 102 cm³/mol. The highest BCUT2D eigenvalue weighted by atomic mass is 16.5. The van der Waals surface area contributed by atoms with Crippen molar-refractivity contribution in [3.8, 4) is 0 Å². The van der Waals surface area contributed by atoms with E-state index in [-0.39, 0.29) is 30.5 Å². The summed E-state index contributed by atoms with van der Waals surface area (Å²) in [5.41, 5.74) is 0.438. The maximum absolute atomic E-state index is 12.4. The Bertz CT molecular complexity index is 711. The molecule has 0 bridgehead atoms. The van der Waals surface area contributed by atoms with Crippen molar-refractivity contribution in [1.29, 1.82) is 0 Å². The van der Waals surface area contributed by atoms with Gasteiger partial charge in [0.15, 0.2) is 0 Å². The molecule has 7 heteroatoms. The molecule has 3 unspecified atom stereocenters. The van der Waals surface area contributed by atoms with Gasteiger partial charge in [-0.3, -0.25) is 9.59 Å². The number of carbonyl (C=O) groups is 3. The molecule has 0 aliphatic heterocycles. The zero-order valence-corrected chi connectivity index (χ0v) is 16.2. The number of anilines is 1. The fourth-order valence-electron chi connectivity index (χ4n) is 2.64. The number of hydrogen-bond donors (Lipinski definition) is 3.